The Morgan fingerprint density at radius 1 is 1.53 bits per heavy atom. The van der Waals surface area contributed by atoms with Gasteiger partial charge >= 0.3 is 0 Å². The third kappa shape index (κ3) is 3.26. The zero-order chi connectivity index (χ0) is 13.8. The number of phenolic OH excluding ortho intramolecular Hbond substituents is 1. The molecule has 4 nitrogen and oxygen atoms in total. The van der Waals surface area contributed by atoms with Crippen molar-refractivity contribution in [2.24, 2.45) is 5.92 Å². The molecule has 1 heterocycles. The molecule has 4 heteroatoms. The fraction of sp³-hybridized carbons (Fsp3) is 0.533. The Kier molecular flexibility index (Phi) is 4.43. The van der Waals surface area contributed by atoms with Gasteiger partial charge in [-0.25, -0.2) is 0 Å². The minimum atomic E-state index is -0.223. The van der Waals surface area contributed by atoms with Crippen molar-refractivity contribution in [1.29, 1.82) is 0 Å². The monoisotopic (exact) mass is 263 g/mol. The Labute approximate surface area is 113 Å². The number of benzene rings is 1. The number of nitrogens with one attached hydrogen (secondary N) is 1. The molecule has 1 aliphatic rings. The number of phenols is 1. The maximum absolute atomic E-state index is 12.0. The first-order valence-electron chi connectivity index (χ1n) is 6.81. The SMILES string of the molecule is CCC1OCCC1CNC(=O)c1ccc(C)cc1O. The first kappa shape index (κ1) is 13.9. The van der Waals surface area contributed by atoms with Gasteiger partial charge in [0.2, 0.25) is 0 Å². The van der Waals surface area contributed by atoms with Gasteiger partial charge in [-0.1, -0.05) is 13.0 Å². The van der Waals surface area contributed by atoms with Crippen molar-refractivity contribution in [2.75, 3.05) is 13.2 Å². The van der Waals surface area contributed by atoms with Crippen LogP contribution in [0, 0.1) is 12.8 Å². The quantitative estimate of drug-likeness (QED) is 0.876. The van der Waals surface area contributed by atoms with Gasteiger partial charge < -0.3 is 15.2 Å². The average Bonchev–Trinajstić information content (AvgIpc) is 2.83. The second-order valence-electron chi connectivity index (χ2n) is 5.10. The third-order valence-electron chi connectivity index (χ3n) is 3.67. The molecule has 2 unspecified atom stereocenters. The number of rotatable bonds is 4. The summed E-state index contributed by atoms with van der Waals surface area (Å²) in [4.78, 5) is 12.0. The maximum Gasteiger partial charge on any atom is 0.255 e. The molecule has 104 valence electrons. The fourth-order valence-electron chi connectivity index (χ4n) is 2.53. The van der Waals surface area contributed by atoms with Crippen molar-refractivity contribution in [3.8, 4) is 5.75 Å². The van der Waals surface area contributed by atoms with Crippen LogP contribution in [0.4, 0.5) is 0 Å². The molecule has 1 aromatic carbocycles. The van der Waals surface area contributed by atoms with Crippen LogP contribution in [0.2, 0.25) is 0 Å². The molecule has 0 aliphatic carbocycles. The number of aromatic hydroxyl groups is 1. The van der Waals surface area contributed by atoms with Crippen LogP contribution < -0.4 is 5.32 Å². The van der Waals surface area contributed by atoms with E-state index in [1.807, 2.05) is 13.0 Å². The van der Waals surface area contributed by atoms with Crippen LogP contribution in [-0.4, -0.2) is 30.3 Å². The Morgan fingerprint density at radius 2 is 2.32 bits per heavy atom. The first-order chi connectivity index (χ1) is 9.11. The topological polar surface area (TPSA) is 58.6 Å². The van der Waals surface area contributed by atoms with Gasteiger partial charge in [-0.3, -0.25) is 4.79 Å². The molecular formula is C15H21NO3. The maximum atomic E-state index is 12.0. The number of hydrogen-bond donors (Lipinski definition) is 2. The molecule has 0 saturated carbocycles. The summed E-state index contributed by atoms with van der Waals surface area (Å²) in [7, 11) is 0. The molecule has 19 heavy (non-hydrogen) atoms. The predicted molar refractivity (Wildman–Crippen MR) is 73.3 cm³/mol. The van der Waals surface area contributed by atoms with Gasteiger partial charge in [0.05, 0.1) is 11.7 Å². The lowest BCUT2D eigenvalue weighted by Crippen LogP contribution is -2.32. The van der Waals surface area contributed by atoms with Crippen molar-refractivity contribution in [3.63, 3.8) is 0 Å². The third-order valence-corrected chi connectivity index (χ3v) is 3.67. The summed E-state index contributed by atoms with van der Waals surface area (Å²) in [5, 5.41) is 12.7. The van der Waals surface area contributed by atoms with Crippen LogP contribution in [0.15, 0.2) is 18.2 Å². The van der Waals surface area contributed by atoms with E-state index >= 15 is 0 Å². The van der Waals surface area contributed by atoms with Gasteiger partial charge in [0.25, 0.3) is 5.91 Å². The van der Waals surface area contributed by atoms with Gasteiger partial charge in [0.1, 0.15) is 5.75 Å². The summed E-state index contributed by atoms with van der Waals surface area (Å²) in [5.41, 5.74) is 1.27. The fourth-order valence-corrected chi connectivity index (χ4v) is 2.53. The molecule has 0 spiro atoms. The largest absolute Gasteiger partial charge is 0.507 e. The van der Waals surface area contributed by atoms with Gasteiger partial charge in [-0.2, -0.15) is 0 Å². The number of hydrogen-bond acceptors (Lipinski definition) is 3. The van der Waals surface area contributed by atoms with E-state index in [1.165, 1.54) is 0 Å². The number of amides is 1. The van der Waals surface area contributed by atoms with Crippen LogP contribution >= 0.6 is 0 Å². The minimum Gasteiger partial charge on any atom is -0.507 e. The molecule has 0 radical (unpaired) electrons. The van der Waals surface area contributed by atoms with E-state index in [9.17, 15) is 9.90 Å². The molecule has 2 rings (SSSR count). The van der Waals surface area contributed by atoms with Gasteiger partial charge in [-0.15, -0.1) is 0 Å². The first-order valence-corrected chi connectivity index (χ1v) is 6.81. The van der Waals surface area contributed by atoms with Crippen molar-refractivity contribution in [1.82, 2.24) is 5.32 Å². The summed E-state index contributed by atoms with van der Waals surface area (Å²) < 4.78 is 5.59. The number of ether oxygens (including phenoxy) is 1. The highest BCUT2D eigenvalue weighted by atomic mass is 16.5. The Bertz CT molecular complexity index is 459. The van der Waals surface area contributed by atoms with Crippen molar-refractivity contribution in [2.45, 2.75) is 32.8 Å². The summed E-state index contributed by atoms with van der Waals surface area (Å²) >= 11 is 0. The molecule has 2 N–H and O–H groups in total. The van der Waals surface area contributed by atoms with E-state index in [0.29, 0.717) is 18.0 Å². The van der Waals surface area contributed by atoms with Gasteiger partial charge in [0.15, 0.2) is 0 Å². The highest BCUT2D eigenvalue weighted by molar-refractivity contribution is 5.96. The Morgan fingerprint density at radius 3 is 3.00 bits per heavy atom. The van der Waals surface area contributed by atoms with Crippen LogP contribution in [0.1, 0.15) is 35.7 Å². The normalized spacial score (nSPS) is 22.4. The minimum absolute atomic E-state index is 0.0345. The molecule has 0 aromatic heterocycles. The number of aryl methyl sites for hydroxylation is 1. The van der Waals surface area contributed by atoms with Crippen molar-refractivity contribution < 1.29 is 14.6 Å². The molecule has 1 fully saturated rings. The smallest absolute Gasteiger partial charge is 0.255 e. The van der Waals surface area contributed by atoms with Gasteiger partial charge in [-0.05, 0) is 37.5 Å². The molecule has 2 atom stereocenters. The van der Waals surface area contributed by atoms with E-state index in [4.69, 9.17) is 4.74 Å². The summed E-state index contributed by atoms with van der Waals surface area (Å²) in [6.45, 7) is 5.35. The van der Waals surface area contributed by atoms with E-state index in [2.05, 4.69) is 12.2 Å². The number of carbonyl (C=O) groups is 1. The van der Waals surface area contributed by atoms with Gasteiger partial charge in [0, 0.05) is 19.1 Å². The van der Waals surface area contributed by atoms with Crippen molar-refractivity contribution >= 4 is 5.91 Å². The van der Waals surface area contributed by atoms with E-state index in [1.54, 1.807) is 12.1 Å². The lowest BCUT2D eigenvalue weighted by molar-refractivity contribution is 0.0826. The summed E-state index contributed by atoms with van der Waals surface area (Å²) in [5.74, 6) is 0.188. The van der Waals surface area contributed by atoms with Crippen LogP contribution in [0.5, 0.6) is 5.75 Å². The highest BCUT2D eigenvalue weighted by Crippen LogP contribution is 2.23. The second-order valence-corrected chi connectivity index (χ2v) is 5.10. The van der Waals surface area contributed by atoms with Crippen LogP contribution in [0.25, 0.3) is 0 Å². The average molecular weight is 263 g/mol. The standard InChI is InChI=1S/C15H21NO3/c1-3-14-11(6-7-19-14)9-16-15(18)12-5-4-10(2)8-13(12)17/h4-5,8,11,14,17H,3,6-7,9H2,1-2H3,(H,16,18). The lowest BCUT2D eigenvalue weighted by Gasteiger charge is -2.17. The lowest BCUT2D eigenvalue weighted by atomic mass is 9.99. The summed E-state index contributed by atoms with van der Waals surface area (Å²) in [6, 6.07) is 5.08. The molecule has 1 saturated heterocycles. The Hall–Kier alpha value is -1.55. The molecule has 1 amide bonds. The predicted octanol–water partition coefficient (Wildman–Crippen LogP) is 2.25. The highest BCUT2D eigenvalue weighted by Gasteiger charge is 2.27. The van der Waals surface area contributed by atoms with Crippen LogP contribution in [-0.2, 0) is 4.74 Å². The molecule has 1 aliphatic heterocycles. The zero-order valence-electron chi connectivity index (χ0n) is 11.5. The number of carbonyl (C=O) groups excluding carboxylic acids is 1. The molecule has 1 aromatic rings. The van der Waals surface area contributed by atoms with E-state index < -0.39 is 0 Å². The molecular weight excluding hydrogens is 242 g/mol. The summed E-state index contributed by atoms with van der Waals surface area (Å²) in [6.07, 6.45) is 2.20. The second kappa shape index (κ2) is 6.06. The Balaban J connectivity index is 1.94. The van der Waals surface area contributed by atoms with E-state index in [-0.39, 0.29) is 17.8 Å². The van der Waals surface area contributed by atoms with Crippen molar-refractivity contribution in [3.05, 3.63) is 29.3 Å². The zero-order valence-corrected chi connectivity index (χ0v) is 11.5. The van der Waals surface area contributed by atoms with Crippen LogP contribution in [0.3, 0.4) is 0 Å². The molecule has 0 bridgehead atoms. The van der Waals surface area contributed by atoms with E-state index in [0.717, 1.165) is 25.0 Å².